The van der Waals surface area contributed by atoms with E-state index < -0.39 is 0 Å². The number of halogens is 1. The summed E-state index contributed by atoms with van der Waals surface area (Å²) in [4.78, 5) is 0. The maximum Gasteiger partial charge on any atom is 0.120 e. The molecule has 0 heterocycles. The molecule has 1 N–H and O–H groups in total. The standard InChI is InChI=1S/C14H22ClNO/c1-11(9-16-14(2,3)4)10-17-13-7-5-6-12(15)8-13/h5-8,11,16H,9-10H2,1-4H3. The molecule has 17 heavy (non-hydrogen) atoms. The zero-order valence-corrected chi connectivity index (χ0v) is 11.8. The highest BCUT2D eigenvalue weighted by Crippen LogP contribution is 2.17. The van der Waals surface area contributed by atoms with Crippen molar-refractivity contribution in [3.63, 3.8) is 0 Å². The van der Waals surface area contributed by atoms with E-state index in [1.54, 1.807) is 0 Å². The molecule has 96 valence electrons. The first kappa shape index (κ1) is 14.3. The zero-order chi connectivity index (χ0) is 12.9. The fraction of sp³-hybridized carbons (Fsp3) is 0.571. The van der Waals surface area contributed by atoms with E-state index in [9.17, 15) is 0 Å². The molecule has 0 saturated carbocycles. The molecule has 0 aromatic heterocycles. The Kier molecular flexibility index (Phi) is 5.29. The Bertz CT molecular complexity index is 346. The second-order valence-electron chi connectivity index (χ2n) is 5.50. The third-order valence-corrected chi connectivity index (χ3v) is 2.55. The van der Waals surface area contributed by atoms with Crippen molar-refractivity contribution < 1.29 is 4.74 Å². The molecular formula is C14H22ClNO. The first-order valence-electron chi connectivity index (χ1n) is 6.00. The Morgan fingerprint density at radius 2 is 2.06 bits per heavy atom. The van der Waals surface area contributed by atoms with Crippen LogP contribution in [0.1, 0.15) is 27.7 Å². The third-order valence-electron chi connectivity index (χ3n) is 2.31. The Morgan fingerprint density at radius 3 is 2.65 bits per heavy atom. The molecule has 0 aliphatic heterocycles. The molecular weight excluding hydrogens is 234 g/mol. The van der Waals surface area contributed by atoms with Gasteiger partial charge in [0.2, 0.25) is 0 Å². The molecule has 0 radical (unpaired) electrons. The van der Waals surface area contributed by atoms with Gasteiger partial charge in [-0.1, -0.05) is 24.6 Å². The number of benzene rings is 1. The number of nitrogens with one attached hydrogen (secondary N) is 1. The van der Waals surface area contributed by atoms with E-state index in [-0.39, 0.29) is 5.54 Å². The Hall–Kier alpha value is -0.730. The second-order valence-corrected chi connectivity index (χ2v) is 5.94. The first-order valence-corrected chi connectivity index (χ1v) is 6.38. The van der Waals surface area contributed by atoms with Crippen LogP contribution >= 0.6 is 11.6 Å². The summed E-state index contributed by atoms with van der Waals surface area (Å²) in [6.07, 6.45) is 0. The summed E-state index contributed by atoms with van der Waals surface area (Å²) >= 11 is 5.89. The largest absolute Gasteiger partial charge is 0.493 e. The molecule has 0 amide bonds. The normalized spacial score (nSPS) is 13.5. The molecule has 1 unspecified atom stereocenters. The van der Waals surface area contributed by atoms with Crippen LogP contribution in [0.25, 0.3) is 0 Å². The highest BCUT2D eigenvalue weighted by atomic mass is 35.5. The molecule has 2 nitrogen and oxygen atoms in total. The lowest BCUT2D eigenvalue weighted by Gasteiger charge is -2.23. The second kappa shape index (κ2) is 6.27. The van der Waals surface area contributed by atoms with Crippen molar-refractivity contribution >= 4 is 11.6 Å². The minimum Gasteiger partial charge on any atom is -0.493 e. The lowest BCUT2D eigenvalue weighted by atomic mass is 10.1. The van der Waals surface area contributed by atoms with Crippen molar-refractivity contribution in [2.45, 2.75) is 33.2 Å². The summed E-state index contributed by atoms with van der Waals surface area (Å²) in [6.45, 7) is 10.3. The van der Waals surface area contributed by atoms with E-state index in [1.807, 2.05) is 24.3 Å². The zero-order valence-electron chi connectivity index (χ0n) is 11.1. The van der Waals surface area contributed by atoms with Crippen molar-refractivity contribution in [2.24, 2.45) is 5.92 Å². The Balaban J connectivity index is 2.31. The van der Waals surface area contributed by atoms with Gasteiger partial charge >= 0.3 is 0 Å². The maximum atomic E-state index is 5.89. The van der Waals surface area contributed by atoms with Crippen LogP contribution in [0.3, 0.4) is 0 Å². The van der Waals surface area contributed by atoms with Gasteiger partial charge in [-0.05, 0) is 39.0 Å². The van der Waals surface area contributed by atoms with Crippen molar-refractivity contribution in [1.29, 1.82) is 0 Å². The predicted molar refractivity (Wildman–Crippen MR) is 73.9 cm³/mol. The van der Waals surface area contributed by atoms with Crippen LogP contribution in [0.2, 0.25) is 5.02 Å². The summed E-state index contributed by atoms with van der Waals surface area (Å²) in [5, 5.41) is 4.17. The summed E-state index contributed by atoms with van der Waals surface area (Å²) in [5.74, 6) is 1.30. The topological polar surface area (TPSA) is 21.3 Å². The SMILES string of the molecule is CC(CNC(C)(C)C)COc1cccc(Cl)c1. The average Bonchev–Trinajstić information content (AvgIpc) is 2.23. The molecule has 1 rings (SSSR count). The lowest BCUT2D eigenvalue weighted by molar-refractivity contribution is 0.244. The monoisotopic (exact) mass is 255 g/mol. The van der Waals surface area contributed by atoms with Gasteiger partial charge in [-0.2, -0.15) is 0 Å². The van der Waals surface area contributed by atoms with E-state index in [0.717, 1.165) is 12.3 Å². The Labute approximate surface area is 109 Å². The molecule has 0 saturated heterocycles. The van der Waals surface area contributed by atoms with E-state index in [0.29, 0.717) is 17.5 Å². The van der Waals surface area contributed by atoms with Gasteiger partial charge in [0.1, 0.15) is 5.75 Å². The minimum absolute atomic E-state index is 0.157. The highest BCUT2D eigenvalue weighted by molar-refractivity contribution is 6.30. The van der Waals surface area contributed by atoms with Crippen LogP contribution in [0.15, 0.2) is 24.3 Å². The van der Waals surface area contributed by atoms with Crippen LogP contribution in [0.4, 0.5) is 0 Å². The highest BCUT2D eigenvalue weighted by Gasteiger charge is 2.11. The quantitative estimate of drug-likeness (QED) is 0.865. The minimum atomic E-state index is 0.157. The molecule has 1 aromatic rings. The van der Waals surface area contributed by atoms with Crippen LogP contribution < -0.4 is 10.1 Å². The van der Waals surface area contributed by atoms with Crippen LogP contribution in [-0.2, 0) is 0 Å². The maximum absolute atomic E-state index is 5.89. The van der Waals surface area contributed by atoms with Gasteiger partial charge in [0.05, 0.1) is 6.61 Å². The Morgan fingerprint density at radius 1 is 1.35 bits per heavy atom. The van der Waals surface area contributed by atoms with E-state index in [1.165, 1.54) is 0 Å². The van der Waals surface area contributed by atoms with E-state index >= 15 is 0 Å². The molecule has 0 spiro atoms. The fourth-order valence-electron chi connectivity index (χ4n) is 1.33. The summed E-state index contributed by atoms with van der Waals surface area (Å²) in [5.41, 5.74) is 0.157. The van der Waals surface area contributed by atoms with E-state index in [2.05, 4.69) is 33.0 Å². The summed E-state index contributed by atoms with van der Waals surface area (Å²) < 4.78 is 5.69. The predicted octanol–water partition coefficient (Wildman–Crippen LogP) is 3.74. The molecule has 0 aliphatic rings. The smallest absolute Gasteiger partial charge is 0.120 e. The first-order chi connectivity index (χ1) is 7.87. The van der Waals surface area contributed by atoms with Crippen molar-refractivity contribution in [1.82, 2.24) is 5.32 Å². The van der Waals surface area contributed by atoms with Gasteiger partial charge in [0.25, 0.3) is 0 Å². The van der Waals surface area contributed by atoms with Crippen LogP contribution in [0, 0.1) is 5.92 Å². The molecule has 0 fully saturated rings. The third kappa shape index (κ3) is 6.54. The molecule has 3 heteroatoms. The van der Waals surface area contributed by atoms with Gasteiger partial charge in [-0.3, -0.25) is 0 Å². The number of hydrogen-bond acceptors (Lipinski definition) is 2. The number of ether oxygens (including phenoxy) is 1. The van der Waals surface area contributed by atoms with E-state index in [4.69, 9.17) is 16.3 Å². The number of rotatable bonds is 5. The van der Waals surface area contributed by atoms with Gasteiger partial charge in [0.15, 0.2) is 0 Å². The van der Waals surface area contributed by atoms with Crippen molar-refractivity contribution in [3.8, 4) is 5.75 Å². The average molecular weight is 256 g/mol. The molecule has 0 aliphatic carbocycles. The van der Waals surface area contributed by atoms with Gasteiger partial charge < -0.3 is 10.1 Å². The number of hydrogen-bond donors (Lipinski definition) is 1. The van der Waals surface area contributed by atoms with Gasteiger partial charge in [0, 0.05) is 23.0 Å². The molecule has 0 bridgehead atoms. The van der Waals surface area contributed by atoms with Crippen LogP contribution in [0.5, 0.6) is 5.75 Å². The lowest BCUT2D eigenvalue weighted by Crippen LogP contribution is -2.39. The fourth-order valence-corrected chi connectivity index (χ4v) is 1.51. The molecule has 1 atom stereocenters. The van der Waals surface area contributed by atoms with Crippen LogP contribution in [-0.4, -0.2) is 18.7 Å². The summed E-state index contributed by atoms with van der Waals surface area (Å²) in [7, 11) is 0. The van der Waals surface area contributed by atoms with Crippen molar-refractivity contribution in [3.05, 3.63) is 29.3 Å². The summed E-state index contributed by atoms with van der Waals surface area (Å²) in [6, 6.07) is 7.51. The molecule has 1 aromatic carbocycles. The van der Waals surface area contributed by atoms with Gasteiger partial charge in [-0.15, -0.1) is 0 Å². The van der Waals surface area contributed by atoms with Crippen molar-refractivity contribution in [2.75, 3.05) is 13.2 Å². The van der Waals surface area contributed by atoms with Gasteiger partial charge in [-0.25, -0.2) is 0 Å².